The van der Waals surface area contributed by atoms with Gasteiger partial charge in [0, 0.05) is 41.2 Å². The van der Waals surface area contributed by atoms with Gasteiger partial charge in [-0.15, -0.1) is 0 Å². The van der Waals surface area contributed by atoms with Crippen molar-refractivity contribution in [3.63, 3.8) is 0 Å². The summed E-state index contributed by atoms with van der Waals surface area (Å²) in [5.41, 5.74) is 0.0164. The minimum atomic E-state index is -0.850. The standard InChI is InChI=1S/C30H39NO5/c1-16-10-20-23(21(32)11-16)18(3)24(34)25-26(20,4)15-30-28(6,27(25,5)13-22(33)36-30)7-8-29-12-17(2)9-19(35-29)14-31(29)30/h10-11,17-19,25,32H,7-9,12-15H2,1-6H3/t17-,18+,19+,25-,26-,27-,28-,29-,30+/m0/s1. The lowest BCUT2D eigenvalue weighted by atomic mass is 9.35. The van der Waals surface area contributed by atoms with Crippen LogP contribution >= 0.6 is 0 Å². The highest BCUT2D eigenvalue weighted by molar-refractivity contribution is 5.94. The highest BCUT2D eigenvalue weighted by Crippen LogP contribution is 2.76. The van der Waals surface area contributed by atoms with Gasteiger partial charge in [0.25, 0.3) is 0 Å². The number of ether oxygens (including phenoxy) is 2. The van der Waals surface area contributed by atoms with Gasteiger partial charge in [0.2, 0.25) is 0 Å². The minimum Gasteiger partial charge on any atom is -0.508 e. The molecular weight excluding hydrogens is 454 g/mol. The SMILES string of the molecule is Cc1cc(O)c2c(c1)[C@]1(C)C[C@@]34OC(=O)C[C@@](C)([C@H]1C(=O)[C@@H]2C)[C@]3(C)CC[C@]12C[C@@H](C)C[C@H](CN14)O2. The van der Waals surface area contributed by atoms with E-state index >= 15 is 0 Å². The summed E-state index contributed by atoms with van der Waals surface area (Å²) in [4.78, 5) is 30.3. The first kappa shape index (κ1) is 23.2. The Morgan fingerprint density at radius 2 is 1.86 bits per heavy atom. The van der Waals surface area contributed by atoms with Crippen molar-refractivity contribution < 1.29 is 24.2 Å². The Hall–Kier alpha value is -1.92. The number of aryl methyl sites for hydroxylation is 1. The average molecular weight is 494 g/mol. The molecule has 0 unspecified atom stereocenters. The van der Waals surface area contributed by atoms with Crippen LogP contribution in [0.5, 0.6) is 5.75 Å². The van der Waals surface area contributed by atoms with Gasteiger partial charge in [0.05, 0.1) is 12.5 Å². The lowest BCUT2D eigenvalue weighted by Crippen LogP contribution is -2.82. The van der Waals surface area contributed by atoms with Crippen LogP contribution in [0.1, 0.15) is 95.8 Å². The summed E-state index contributed by atoms with van der Waals surface area (Å²) in [7, 11) is 0. The van der Waals surface area contributed by atoms with E-state index in [1.165, 1.54) is 0 Å². The molecule has 4 saturated heterocycles. The van der Waals surface area contributed by atoms with E-state index in [4.69, 9.17) is 9.47 Å². The summed E-state index contributed by atoms with van der Waals surface area (Å²) < 4.78 is 13.4. The van der Waals surface area contributed by atoms with Gasteiger partial charge in [-0.2, -0.15) is 0 Å². The van der Waals surface area contributed by atoms with Crippen LogP contribution in [0.25, 0.3) is 0 Å². The van der Waals surface area contributed by atoms with Crippen molar-refractivity contribution in [1.29, 1.82) is 0 Å². The third kappa shape index (κ3) is 2.34. The van der Waals surface area contributed by atoms with Crippen LogP contribution < -0.4 is 0 Å². The molecule has 1 aromatic carbocycles. The van der Waals surface area contributed by atoms with Crippen LogP contribution in [0.15, 0.2) is 12.1 Å². The molecule has 9 atom stereocenters. The van der Waals surface area contributed by atoms with E-state index in [1.54, 1.807) is 6.07 Å². The maximum Gasteiger partial charge on any atom is 0.308 e. The van der Waals surface area contributed by atoms with Crippen molar-refractivity contribution in [1.82, 2.24) is 4.90 Å². The third-order valence-electron chi connectivity index (χ3n) is 11.9. The molecule has 1 aromatic rings. The van der Waals surface area contributed by atoms with Crippen molar-refractivity contribution in [3.05, 3.63) is 28.8 Å². The number of rotatable bonds is 0. The van der Waals surface area contributed by atoms with Gasteiger partial charge in [-0.05, 0) is 61.1 Å². The van der Waals surface area contributed by atoms with Crippen molar-refractivity contribution in [2.75, 3.05) is 6.54 Å². The predicted octanol–water partition coefficient (Wildman–Crippen LogP) is 4.94. The summed E-state index contributed by atoms with van der Waals surface area (Å²) >= 11 is 0. The Morgan fingerprint density at radius 3 is 2.61 bits per heavy atom. The van der Waals surface area contributed by atoms with Gasteiger partial charge in [0.1, 0.15) is 17.3 Å². The van der Waals surface area contributed by atoms with E-state index in [1.807, 2.05) is 13.8 Å². The van der Waals surface area contributed by atoms with Crippen LogP contribution in [0.3, 0.4) is 0 Å². The summed E-state index contributed by atoms with van der Waals surface area (Å²) in [6, 6.07) is 3.94. The van der Waals surface area contributed by atoms with Crippen molar-refractivity contribution in [2.24, 2.45) is 22.7 Å². The van der Waals surface area contributed by atoms with Crippen molar-refractivity contribution in [3.8, 4) is 5.75 Å². The first-order valence-corrected chi connectivity index (χ1v) is 13.9. The van der Waals surface area contributed by atoms with E-state index in [9.17, 15) is 14.7 Å². The van der Waals surface area contributed by atoms with E-state index < -0.39 is 28.2 Å². The molecule has 6 nitrogen and oxygen atoms in total. The predicted molar refractivity (Wildman–Crippen MR) is 133 cm³/mol. The Morgan fingerprint density at radius 1 is 1.11 bits per heavy atom. The summed E-state index contributed by atoms with van der Waals surface area (Å²) in [5, 5.41) is 11.1. The zero-order valence-corrected chi connectivity index (χ0v) is 22.4. The van der Waals surface area contributed by atoms with Crippen LogP contribution in [-0.2, 0) is 24.5 Å². The number of piperidine rings is 1. The molecular formula is C30H39NO5. The number of benzene rings is 1. The van der Waals surface area contributed by atoms with Crippen molar-refractivity contribution >= 4 is 11.8 Å². The number of ketones is 1. The van der Waals surface area contributed by atoms with Gasteiger partial charge in [-0.3, -0.25) is 9.59 Å². The molecule has 0 amide bonds. The molecule has 1 saturated carbocycles. The van der Waals surface area contributed by atoms with E-state index in [2.05, 4.69) is 38.7 Å². The number of carbonyl (C=O) groups is 2. The lowest BCUT2D eigenvalue weighted by molar-refractivity contribution is -0.366. The molecule has 6 heteroatoms. The largest absolute Gasteiger partial charge is 0.508 e. The number of phenols is 1. The molecule has 4 aliphatic heterocycles. The number of esters is 1. The number of aromatic hydroxyl groups is 1. The topological polar surface area (TPSA) is 76.1 Å². The molecule has 1 spiro atoms. The molecule has 4 bridgehead atoms. The van der Waals surface area contributed by atoms with Crippen molar-refractivity contribution in [2.45, 2.75) is 109 Å². The number of hydrogen-bond donors (Lipinski definition) is 1. The minimum absolute atomic E-state index is 0.148. The fraction of sp³-hybridized carbons (Fsp3) is 0.733. The fourth-order valence-corrected chi connectivity index (χ4v) is 10.5. The number of Topliss-reactive ketones (excluding diaryl/α,β-unsaturated/α-hetero) is 1. The second-order valence-corrected chi connectivity index (χ2v) is 13.9. The smallest absolute Gasteiger partial charge is 0.308 e. The lowest BCUT2D eigenvalue weighted by Gasteiger charge is -2.75. The average Bonchev–Trinajstić information content (AvgIpc) is 3.04. The summed E-state index contributed by atoms with van der Waals surface area (Å²) in [5.74, 6) is -0.00359. The number of fused-ring (bicyclic) bond motifs is 5. The summed E-state index contributed by atoms with van der Waals surface area (Å²) in [6.45, 7) is 13.7. The van der Waals surface area contributed by atoms with E-state index in [-0.39, 0.29) is 41.4 Å². The van der Waals surface area contributed by atoms with Gasteiger partial charge in [-0.25, -0.2) is 4.90 Å². The molecule has 5 fully saturated rings. The highest BCUT2D eigenvalue weighted by atomic mass is 16.6. The number of carbonyl (C=O) groups excluding carboxylic acids is 2. The molecule has 0 radical (unpaired) electrons. The monoisotopic (exact) mass is 493 g/mol. The molecule has 1 N–H and O–H groups in total. The fourth-order valence-electron chi connectivity index (χ4n) is 10.5. The molecule has 7 rings (SSSR count). The second kappa shape index (κ2) is 6.55. The number of hydrogen-bond acceptors (Lipinski definition) is 6. The normalized spacial score (nSPS) is 51.1. The van der Waals surface area contributed by atoms with Crippen LogP contribution in [0.4, 0.5) is 0 Å². The first-order chi connectivity index (χ1) is 16.8. The molecule has 194 valence electrons. The number of phenolic OH excluding ortho intramolecular Hbond substituents is 1. The van der Waals surface area contributed by atoms with Gasteiger partial charge >= 0.3 is 5.97 Å². The highest BCUT2D eigenvalue weighted by Gasteiger charge is 2.81. The third-order valence-corrected chi connectivity index (χ3v) is 11.9. The van der Waals surface area contributed by atoms with Crippen LogP contribution in [0.2, 0.25) is 0 Å². The van der Waals surface area contributed by atoms with Gasteiger partial charge in [-0.1, -0.05) is 40.7 Å². The Bertz CT molecular complexity index is 1230. The Kier molecular flexibility index (Phi) is 4.23. The zero-order valence-electron chi connectivity index (χ0n) is 22.4. The quantitative estimate of drug-likeness (QED) is 0.516. The molecule has 36 heavy (non-hydrogen) atoms. The van der Waals surface area contributed by atoms with Gasteiger partial charge < -0.3 is 14.6 Å². The maximum absolute atomic E-state index is 14.3. The summed E-state index contributed by atoms with van der Waals surface area (Å²) in [6.07, 6.45) is 4.69. The Balaban J connectivity index is 1.51. The number of nitrogens with zero attached hydrogens (tertiary/aromatic N) is 1. The molecule has 2 aliphatic carbocycles. The molecule has 4 heterocycles. The van der Waals surface area contributed by atoms with E-state index in [0.717, 1.165) is 48.9 Å². The maximum atomic E-state index is 14.3. The van der Waals surface area contributed by atoms with Gasteiger partial charge in [0.15, 0.2) is 5.72 Å². The second-order valence-electron chi connectivity index (χ2n) is 13.9. The zero-order chi connectivity index (χ0) is 25.6. The Labute approximate surface area is 213 Å². The first-order valence-electron chi connectivity index (χ1n) is 13.9. The molecule has 6 aliphatic rings. The van der Waals surface area contributed by atoms with Crippen LogP contribution in [0, 0.1) is 29.6 Å². The van der Waals surface area contributed by atoms with E-state index in [0.29, 0.717) is 12.3 Å². The van der Waals surface area contributed by atoms with Crippen LogP contribution in [-0.4, -0.2) is 45.9 Å². The molecule has 0 aromatic heterocycles.